The number of rotatable bonds is 4. The first-order valence-corrected chi connectivity index (χ1v) is 6.08. The van der Waals surface area contributed by atoms with Crippen molar-refractivity contribution in [3.63, 3.8) is 0 Å². The van der Waals surface area contributed by atoms with Gasteiger partial charge in [0, 0.05) is 18.3 Å². The number of anilines is 1. The normalized spacial score (nSPS) is 10.6. The molecule has 2 aromatic rings. The van der Waals surface area contributed by atoms with Gasteiger partial charge in [-0.1, -0.05) is 0 Å². The zero-order valence-electron chi connectivity index (χ0n) is 10.9. The number of benzene rings is 1. The molecule has 0 radical (unpaired) electrons. The number of aromatic nitrogens is 1. The summed E-state index contributed by atoms with van der Waals surface area (Å²) in [6.45, 7) is 2.07. The molecule has 6 heteroatoms. The Hall–Kier alpha value is -2.37. The van der Waals surface area contributed by atoms with Crippen molar-refractivity contribution in [2.75, 3.05) is 5.73 Å². The number of hydrogen-bond donors (Lipinski definition) is 1. The van der Waals surface area contributed by atoms with Gasteiger partial charge in [0.25, 0.3) is 0 Å². The first-order chi connectivity index (χ1) is 9.51. The summed E-state index contributed by atoms with van der Waals surface area (Å²) in [5.41, 5.74) is 6.31. The van der Waals surface area contributed by atoms with Crippen LogP contribution in [0.4, 0.5) is 14.5 Å². The van der Waals surface area contributed by atoms with Crippen LogP contribution in [0.3, 0.4) is 0 Å². The van der Waals surface area contributed by atoms with Crippen molar-refractivity contribution in [2.45, 2.75) is 20.1 Å². The lowest BCUT2D eigenvalue weighted by atomic mass is 10.2. The number of hydrogen-bond acceptors (Lipinski definition) is 3. The predicted octanol–water partition coefficient (Wildman–Crippen LogP) is 2.73. The molecule has 0 aliphatic carbocycles. The highest BCUT2D eigenvalue weighted by molar-refractivity contribution is 5.89. The zero-order valence-corrected chi connectivity index (χ0v) is 10.9. The molecule has 1 aromatic carbocycles. The van der Waals surface area contributed by atoms with Gasteiger partial charge in [-0.3, -0.25) is 0 Å². The summed E-state index contributed by atoms with van der Waals surface area (Å²) < 4.78 is 33.0. The average molecular weight is 280 g/mol. The standard InChI is InChI=1S/C14H14F2N2O2/c1-2-18-7-11(17)6-13(18)14(19)20-8-9-5-10(15)3-4-12(9)16/h3-7H,2,8,17H2,1H3. The van der Waals surface area contributed by atoms with E-state index in [1.54, 1.807) is 10.8 Å². The highest BCUT2D eigenvalue weighted by Gasteiger charge is 2.15. The molecule has 4 nitrogen and oxygen atoms in total. The van der Waals surface area contributed by atoms with Crippen molar-refractivity contribution >= 4 is 11.7 Å². The Kier molecular flexibility index (Phi) is 4.02. The van der Waals surface area contributed by atoms with Crippen LogP contribution in [0, 0.1) is 11.6 Å². The number of carbonyl (C=O) groups is 1. The second-order valence-electron chi connectivity index (χ2n) is 4.26. The topological polar surface area (TPSA) is 57.2 Å². The van der Waals surface area contributed by atoms with E-state index in [-0.39, 0.29) is 17.9 Å². The van der Waals surface area contributed by atoms with Crippen LogP contribution in [0.15, 0.2) is 30.5 Å². The second kappa shape index (κ2) is 5.73. The molecule has 0 aliphatic rings. The predicted molar refractivity (Wildman–Crippen MR) is 70.0 cm³/mol. The molecule has 0 fully saturated rings. The van der Waals surface area contributed by atoms with Crippen molar-refractivity contribution in [3.05, 3.63) is 53.4 Å². The minimum absolute atomic E-state index is 0.0130. The van der Waals surface area contributed by atoms with Gasteiger partial charge < -0.3 is 15.0 Å². The number of nitrogens with two attached hydrogens (primary N) is 1. The highest BCUT2D eigenvalue weighted by Crippen LogP contribution is 2.15. The van der Waals surface area contributed by atoms with Crippen LogP contribution in [0.25, 0.3) is 0 Å². The fourth-order valence-electron chi connectivity index (χ4n) is 1.84. The van der Waals surface area contributed by atoms with Crippen LogP contribution in [-0.4, -0.2) is 10.5 Å². The van der Waals surface area contributed by atoms with Gasteiger partial charge in [-0.2, -0.15) is 0 Å². The molecule has 0 amide bonds. The highest BCUT2D eigenvalue weighted by atomic mass is 19.1. The maximum atomic E-state index is 13.4. The Balaban J connectivity index is 2.10. The summed E-state index contributed by atoms with van der Waals surface area (Å²) in [6.07, 6.45) is 1.61. The smallest absolute Gasteiger partial charge is 0.355 e. The van der Waals surface area contributed by atoms with E-state index in [9.17, 15) is 13.6 Å². The summed E-state index contributed by atoms with van der Waals surface area (Å²) in [6, 6.07) is 4.47. The van der Waals surface area contributed by atoms with E-state index in [1.807, 2.05) is 6.92 Å². The third kappa shape index (κ3) is 2.96. The molecule has 0 unspecified atom stereocenters. The van der Waals surface area contributed by atoms with E-state index in [2.05, 4.69) is 0 Å². The molecular formula is C14H14F2N2O2. The lowest BCUT2D eigenvalue weighted by molar-refractivity contribution is 0.0456. The minimum Gasteiger partial charge on any atom is -0.456 e. The van der Waals surface area contributed by atoms with E-state index in [0.717, 1.165) is 18.2 Å². The fourth-order valence-corrected chi connectivity index (χ4v) is 1.84. The summed E-state index contributed by atoms with van der Waals surface area (Å²) >= 11 is 0. The molecule has 2 N–H and O–H groups in total. The first kappa shape index (κ1) is 14.0. The quantitative estimate of drug-likeness (QED) is 0.876. The molecule has 20 heavy (non-hydrogen) atoms. The largest absolute Gasteiger partial charge is 0.456 e. The maximum absolute atomic E-state index is 13.4. The van der Waals surface area contributed by atoms with Crippen molar-refractivity contribution in [3.8, 4) is 0 Å². The van der Waals surface area contributed by atoms with Crippen molar-refractivity contribution < 1.29 is 18.3 Å². The molecule has 0 atom stereocenters. The summed E-state index contributed by atoms with van der Waals surface area (Å²) in [7, 11) is 0. The van der Waals surface area contributed by atoms with Gasteiger partial charge in [0.2, 0.25) is 0 Å². The van der Waals surface area contributed by atoms with Gasteiger partial charge in [-0.05, 0) is 31.2 Å². The third-order valence-corrected chi connectivity index (χ3v) is 2.83. The summed E-state index contributed by atoms with van der Waals surface area (Å²) in [4.78, 5) is 11.9. The Bertz CT molecular complexity index is 638. The van der Waals surface area contributed by atoms with E-state index >= 15 is 0 Å². The molecule has 2 rings (SSSR count). The Morgan fingerprint density at radius 1 is 1.35 bits per heavy atom. The number of halogens is 2. The second-order valence-corrected chi connectivity index (χ2v) is 4.26. The van der Waals surface area contributed by atoms with Gasteiger partial charge in [0.05, 0.1) is 5.69 Å². The minimum atomic E-state index is -0.632. The van der Waals surface area contributed by atoms with E-state index < -0.39 is 17.6 Å². The van der Waals surface area contributed by atoms with Gasteiger partial charge in [-0.25, -0.2) is 13.6 Å². The lowest BCUT2D eigenvalue weighted by Gasteiger charge is -2.08. The molecular weight excluding hydrogens is 266 g/mol. The molecule has 106 valence electrons. The van der Waals surface area contributed by atoms with Gasteiger partial charge >= 0.3 is 5.97 Å². The van der Waals surface area contributed by atoms with Crippen molar-refractivity contribution in [1.29, 1.82) is 0 Å². The average Bonchev–Trinajstić information content (AvgIpc) is 2.80. The number of ether oxygens (including phenoxy) is 1. The Morgan fingerprint density at radius 2 is 2.10 bits per heavy atom. The van der Waals surface area contributed by atoms with Crippen LogP contribution in [-0.2, 0) is 17.9 Å². The number of nitrogen functional groups attached to an aromatic ring is 1. The van der Waals surface area contributed by atoms with Crippen LogP contribution in [0.2, 0.25) is 0 Å². The number of nitrogens with zero attached hydrogens (tertiary/aromatic N) is 1. The first-order valence-electron chi connectivity index (χ1n) is 6.08. The molecule has 0 saturated heterocycles. The van der Waals surface area contributed by atoms with Gasteiger partial charge in [-0.15, -0.1) is 0 Å². The van der Waals surface area contributed by atoms with Crippen LogP contribution >= 0.6 is 0 Å². The fraction of sp³-hybridized carbons (Fsp3) is 0.214. The molecule has 0 bridgehead atoms. The number of aryl methyl sites for hydroxylation is 1. The van der Waals surface area contributed by atoms with E-state index in [0.29, 0.717) is 12.2 Å². The van der Waals surface area contributed by atoms with E-state index in [1.165, 1.54) is 6.07 Å². The molecule has 1 aromatic heterocycles. The molecule has 0 aliphatic heterocycles. The Labute approximate surface area is 114 Å². The molecule has 0 saturated carbocycles. The molecule has 1 heterocycles. The lowest BCUT2D eigenvalue weighted by Crippen LogP contribution is -2.11. The van der Waals surface area contributed by atoms with Crippen LogP contribution in [0.1, 0.15) is 23.0 Å². The van der Waals surface area contributed by atoms with E-state index in [4.69, 9.17) is 10.5 Å². The SMILES string of the molecule is CCn1cc(N)cc1C(=O)OCc1cc(F)ccc1F. The van der Waals surface area contributed by atoms with Gasteiger partial charge in [0.15, 0.2) is 0 Å². The monoisotopic (exact) mass is 280 g/mol. The molecule has 0 spiro atoms. The van der Waals surface area contributed by atoms with Crippen LogP contribution in [0.5, 0.6) is 0 Å². The Morgan fingerprint density at radius 3 is 2.80 bits per heavy atom. The van der Waals surface area contributed by atoms with Crippen molar-refractivity contribution in [1.82, 2.24) is 4.57 Å². The number of esters is 1. The number of carbonyl (C=O) groups excluding carboxylic acids is 1. The summed E-state index contributed by atoms with van der Waals surface area (Å²) in [5, 5.41) is 0. The summed E-state index contributed by atoms with van der Waals surface area (Å²) in [5.74, 6) is -1.84. The van der Waals surface area contributed by atoms with Crippen LogP contribution < -0.4 is 5.73 Å². The van der Waals surface area contributed by atoms with Crippen molar-refractivity contribution in [2.24, 2.45) is 0 Å². The maximum Gasteiger partial charge on any atom is 0.355 e. The van der Waals surface area contributed by atoms with Gasteiger partial charge in [0.1, 0.15) is 23.9 Å². The zero-order chi connectivity index (χ0) is 14.7. The third-order valence-electron chi connectivity index (χ3n) is 2.83.